The summed E-state index contributed by atoms with van der Waals surface area (Å²) in [5.74, 6) is 0.842. The maximum atomic E-state index is 11.9. The van der Waals surface area contributed by atoms with E-state index < -0.39 is 0 Å². The quantitative estimate of drug-likeness (QED) is 0.733. The fourth-order valence-electron chi connectivity index (χ4n) is 1.67. The number of halogens is 1. The molecule has 0 aromatic heterocycles. The summed E-state index contributed by atoms with van der Waals surface area (Å²) in [6.45, 7) is 8.34. The van der Waals surface area contributed by atoms with Crippen molar-refractivity contribution in [2.24, 2.45) is 5.92 Å². The molecule has 0 atom stereocenters. The van der Waals surface area contributed by atoms with Crippen LogP contribution >= 0.6 is 15.9 Å². The van der Waals surface area contributed by atoms with E-state index in [0.717, 1.165) is 27.6 Å². The minimum Gasteiger partial charge on any atom is -0.294 e. The second kappa shape index (κ2) is 5.62. The SMILES string of the molecule is Cc1cc(C(=O)CCC(C)C)cc(C)c1Br. The Balaban J connectivity index is 2.84. The molecule has 1 rings (SSSR count). The molecule has 0 fully saturated rings. The predicted molar refractivity (Wildman–Crippen MR) is 72.0 cm³/mol. The number of carbonyl (C=O) groups is 1. The first kappa shape index (κ1) is 13.4. The number of Topliss-reactive ketones (excluding diaryl/α,β-unsaturated/α-hetero) is 1. The Morgan fingerprint density at radius 2 is 1.75 bits per heavy atom. The van der Waals surface area contributed by atoms with Crippen LogP contribution in [-0.4, -0.2) is 5.78 Å². The molecule has 0 heterocycles. The van der Waals surface area contributed by atoms with Crippen molar-refractivity contribution in [3.05, 3.63) is 33.3 Å². The molecule has 0 bridgehead atoms. The van der Waals surface area contributed by atoms with E-state index in [1.165, 1.54) is 0 Å². The van der Waals surface area contributed by atoms with Gasteiger partial charge in [0.25, 0.3) is 0 Å². The topological polar surface area (TPSA) is 17.1 Å². The van der Waals surface area contributed by atoms with E-state index in [4.69, 9.17) is 0 Å². The van der Waals surface area contributed by atoms with Crippen molar-refractivity contribution in [2.75, 3.05) is 0 Å². The summed E-state index contributed by atoms with van der Waals surface area (Å²) in [6, 6.07) is 3.94. The van der Waals surface area contributed by atoms with Crippen LogP contribution in [0.5, 0.6) is 0 Å². The largest absolute Gasteiger partial charge is 0.294 e. The van der Waals surface area contributed by atoms with E-state index in [0.29, 0.717) is 12.3 Å². The molecule has 0 radical (unpaired) electrons. The molecule has 16 heavy (non-hydrogen) atoms. The van der Waals surface area contributed by atoms with Crippen molar-refractivity contribution in [3.8, 4) is 0 Å². The van der Waals surface area contributed by atoms with Crippen LogP contribution in [0.15, 0.2) is 16.6 Å². The third-order valence-corrected chi connectivity index (χ3v) is 3.96. The summed E-state index contributed by atoms with van der Waals surface area (Å²) in [5.41, 5.74) is 3.11. The first-order valence-corrected chi connectivity index (χ1v) is 6.51. The lowest BCUT2D eigenvalue weighted by atomic mass is 9.98. The zero-order chi connectivity index (χ0) is 12.3. The fraction of sp³-hybridized carbons (Fsp3) is 0.500. The second-order valence-electron chi connectivity index (χ2n) is 4.78. The third-order valence-electron chi connectivity index (χ3n) is 2.71. The highest BCUT2D eigenvalue weighted by molar-refractivity contribution is 9.10. The van der Waals surface area contributed by atoms with Gasteiger partial charge < -0.3 is 0 Å². The van der Waals surface area contributed by atoms with Gasteiger partial charge in [0.2, 0.25) is 0 Å². The number of hydrogen-bond acceptors (Lipinski definition) is 1. The number of hydrogen-bond donors (Lipinski definition) is 0. The van der Waals surface area contributed by atoms with Crippen molar-refractivity contribution >= 4 is 21.7 Å². The van der Waals surface area contributed by atoms with Gasteiger partial charge in [0.05, 0.1) is 0 Å². The lowest BCUT2D eigenvalue weighted by Crippen LogP contribution is -2.02. The van der Waals surface area contributed by atoms with E-state index in [2.05, 4.69) is 29.8 Å². The Kier molecular flexibility index (Phi) is 4.72. The lowest BCUT2D eigenvalue weighted by molar-refractivity contribution is 0.0975. The normalized spacial score (nSPS) is 10.9. The van der Waals surface area contributed by atoms with Gasteiger partial charge in [-0.25, -0.2) is 0 Å². The summed E-state index contributed by atoms with van der Waals surface area (Å²) < 4.78 is 1.10. The Morgan fingerprint density at radius 1 is 1.25 bits per heavy atom. The Morgan fingerprint density at radius 3 is 2.19 bits per heavy atom. The van der Waals surface area contributed by atoms with Crippen molar-refractivity contribution in [1.82, 2.24) is 0 Å². The Bertz CT molecular complexity index is 371. The molecule has 0 spiro atoms. The smallest absolute Gasteiger partial charge is 0.162 e. The van der Waals surface area contributed by atoms with Crippen LogP contribution in [0.4, 0.5) is 0 Å². The zero-order valence-electron chi connectivity index (χ0n) is 10.4. The van der Waals surface area contributed by atoms with Crippen LogP contribution in [0.1, 0.15) is 48.2 Å². The molecule has 1 aromatic rings. The highest BCUT2D eigenvalue weighted by atomic mass is 79.9. The molecule has 0 unspecified atom stereocenters. The maximum absolute atomic E-state index is 11.9. The summed E-state index contributed by atoms with van der Waals surface area (Å²) >= 11 is 3.51. The molecule has 0 saturated carbocycles. The molecule has 0 N–H and O–H groups in total. The molecule has 0 saturated heterocycles. The molecule has 2 heteroatoms. The number of ketones is 1. The average molecular weight is 283 g/mol. The van der Waals surface area contributed by atoms with Crippen molar-refractivity contribution in [2.45, 2.75) is 40.5 Å². The zero-order valence-corrected chi connectivity index (χ0v) is 12.0. The van der Waals surface area contributed by atoms with Crippen molar-refractivity contribution < 1.29 is 4.79 Å². The van der Waals surface area contributed by atoms with Gasteiger partial charge in [-0.2, -0.15) is 0 Å². The van der Waals surface area contributed by atoms with Crippen molar-refractivity contribution in [1.29, 1.82) is 0 Å². The Hall–Kier alpha value is -0.630. The molecule has 0 aliphatic heterocycles. The second-order valence-corrected chi connectivity index (χ2v) is 5.57. The Labute approximate surface area is 106 Å². The van der Waals surface area contributed by atoms with Gasteiger partial charge in [0.15, 0.2) is 5.78 Å². The summed E-state index contributed by atoms with van der Waals surface area (Å²) in [5, 5.41) is 0. The minimum atomic E-state index is 0.257. The molecule has 1 aromatic carbocycles. The van der Waals surface area contributed by atoms with Gasteiger partial charge in [0.1, 0.15) is 0 Å². The van der Waals surface area contributed by atoms with Crippen LogP contribution in [0.25, 0.3) is 0 Å². The van der Waals surface area contributed by atoms with E-state index in [9.17, 15) is 4.79 Å². The molecule has 0 amide bonds. The number of aryl methyl sites for hydroxylation is 2. The standard InChI is InChI=1S/C14H19BrO/c1-9(2)5-6-13(16)12-7-10(3)14(15)11(4)8-12/h7-9H,5-6H2,1-4H3. The average Bonchev–Trinajstić information content (AvgIpc) is 2.21. The van der Waals surface area contributed by atoms with E-state index in [1.54, 1.807) is 0 Å². The van der Waals surface area contributed by atoms with Gasteiger partial charge >= 0.3 is 0 Å². The van der Waals surface area contributed by atoms with E-state index >= 15 is 0 Å². The molecule has 0 aliphatic carbocycles. The number of rotatable bonds is 4. The summed E-state index contributed by atoms with van der Waals surface area (Å²) in [7, 11) is 0. The predicted octanol–water partition coefficient (Wildman–Crippen LogP) is 4.68. The molecule has 1 nitrogen and oxygen atoms in total. The monoisotopic (exact) mass is 282 g/mol. The fourth-order valence-corrected chi connectivity index (χ4v) is 1.90. The van der Waals surface area contributed by atoms with E-state index in [-0.39, 0.29) is 5.78 Å². The first-order valence-electron chi connectivity index (χ1n) is 5.71. The maximum Gasteiger partial charge on any atom is 0.162 e. The van der Waals surface area contributed by atoms with Gasteiger partial charge in [-0.15, -0.1) is 0 Å². The molecule has 88 valence electrons. The van der Waals surface area contributed by atoms with Crippen LogP contribution in [-0.2, 0) is 0 Å². The lowest BCUT2D eigenvalue weighted by Gasteiger charge is -2.08. The van der Waals surface area contributed by atoms with Crippen LogP contribution in [0, 0.1) is 19.8 Å². The van der Waals surface area contributed by atoms with Crippen LogP contribution in [0.3, 0.4) is 0 Å². The molecular formula is C14H19BrO. The van der Waals surface area contributed by atoms with Crippen LogP contribution < -0.4 is 0 Å². The molecule has 0 aliphatic rings. The number of benzene rings is 1. The minimum absolute atomic E-state index is 0.257. The third kappa shape index (κ3) is 3.44. The first-order chi connectivity index (χ1) is 7.41. The molecular weight excluding hydrogens is 264 g/mol. The number of carbonyl (C=O) groups excluding carboxylic acids is 1. The van der Waals surface area contributed by atoms with Gasteiger partial charge in [0, 0.05) is 16.5 Å². The summed E-state index contributed by atoms with van der Waals surface area (Å²) in [6.07, 6.45) is 1.62. The van der Waals surface area contributed by atoms with Crippen LogP contribution in [0.2, 0.25) is 0 Å². The van der Waals surface area contributed by atoms with Gasteiger partial charge in [-0.3, -0.25) is 4.79 Å². The highest BCUT2D eigenvalue weighted by Gasteiger charge is 2.10. The summed E-state index contributed by atoms with van der Waals surface area (Å²) in [4.78, 5) is 11.9. The highest BCUT2D eigenvalue weighted by Crippen LogP contribution is 2.23. The van der Waals surface area contributed by atoms with Gasteiger partial charge in [-0.05, 0) is 49.4 Å². The van der Waals surface area contributed by atoms with Crippen molar-refractivity contribution in [3.63, 3.8) is 0 Å². The van der Waals surface area contributed by atoms with E-state index in [1.807, 2.05) is 26.0 Å². The van der Waals surface area contributed by atoms with Gasteiger partial charge in [-0.1, -0.05) is 29.8 Å².